The average molecular weight is 420 g/mol. The third-order valence-corrected chi connectivity index (χ3v) is 4.18. The van der Waals surface area contributed by atoms with Gasteiger partial charge in [-0.15, -0.1) is 0 Å². The van der Waals surface area contributed by atoms with Gasteiger partial charge in [0.1, 0.15) is 0 Å². The predicted molar refractivity (Wildman–Crippen MR) is 104 cm³/mol. The second-order valence-corrected chi connectivity index (χ2v) is 6.32. The first kappa shape index (κ1) is 19.6. The van der Waals surface area contributed by atoms with E-state index in [-0.39, 0.29) is 11.7 Å². The Bertz CT molecular complexity index is 802. The van der Waals surface area contributed by atoms with Crippen molar-refractivity contribution in [2.45, 2.75) is 0 Å². The molecular formula is C16H13Cl3N2O3S. The number of para-hydroxylation sites is 2. The van der Waals surface area contributed by atoms with Gasteiger partial charge in [0.05, 0.1) is 27.9 Å². The number of hydrogen-bond donors (Lipinski definition) is 2. The maximum absolute atomic E-state index is 11.9. The van der Waals surface area contributed by atoms with E-state index in [0.29, 0.717) is 32.3 Å². The van der Waals surface area contributed by atoms with Crippen molar-refractivity contribution in [1.29, 1.82) is 0 Å². The van der Waals surface area contributed by atoms with Crippen LogP contribution in [0, 0.1) is 0 Å². The molecule has 2 aromatic rings. The SMILES string of the molecule is COc1ccccc1OCC(=O)NC(=S)Nc1cc(Cl)c(Cl)cc1Cl. The van der Waals surface area contributed by atoms with Crippen molar-refractivity contribution in [1.82, 2.24) is 5.32 Å². The highest BCUT2D eigenvalue weighted by Crippen LogP contribution is 2.32. The Balaban J connectivity index is 1.90. The van der Waals surface area contributed by atoms with E-state index in [1.165, 1.54) is 19.2 Å². The number of hydrogen-bond acceptors (Lipinski definition) is 4. The van der Waals surface area contributed by atoms with E-state index < -0.39 is 5.91 Å². The molecular weight excluding hydrogens is 407 g/mol. The van der Waals surface area contributed by atoms with Crippen LogP contribution in [0.5, 0.6) is 11.5 Å². The number of ether oxygens (including phenoxy) is 2. The molecule has 25 heavy (non-hydrogen) atoms. The van der Waals surface area contributed by atoms with Gasteiger partial charge < -0.3 is 14.8 Å². The fraction of sp³-hybridized carbons (Fsp3) is 0.125. The molecule has 0 saturated heterocycles. The van der Waals surface area contributed by atoms with E-state index in [0.717, 1.165) is 0 Å². The normalized spacial score (nSPS) is 10.1. The molecule has 0 saturated carbocycles. The Hall–Kier alpha value is -1.73. The van der Waals surface area contributed by atoms with Crippen LogP contribution in [0.25, 0.3) is 0 Å². The zero-order chi connectivity index (χ0) is 18.4. The molecule has 5 nitrogen and oxygen atoms in total. The third-order valence-electron chi connectivity index (χ3n) is 2.94. The first-order valence-electron chi connectivity index (χ1n) is 6.92. The smallest absolute Gasteiger partial charge is 0.264 e. The Morgan fingerprint density at radius 1 is 1.08 bits per heavy atom. The predicted octanol–water partition coefficient (Wildman–Crippen LogP) is 4.55. The summed E-state index contributed by atoms with van der Waals surface area (Å²) in [6.07, 6.45) is 0. The van der Waals surface area contributed by atoms with Crippen molar-refractivity contribution in [3.8, 4) is 11.5 Å². The number of amides is 1. The summed E-state index contributed by atoms with van der Waals surface area (Å²) in [5, 5.41) is 6.24. The van der Waals surface area contributed by atoms with Gasteiger partial charge in [-0.1, -0.05) is 46.9 Å². The van der Waals surface area contributed by atoms with Gasteiger partial charge in [-0.3, -0.25) is 10.1 Å². The molecule has 9 heteroatoms. The molecule has 2 aromatic carbocycles. The van der Waals surface area contributed by atoms with Crippen LogP contribution >= 0.6 is 47.0 Å². The van der Waals surface area contributed by atoms with E-state index in [1.54, 1.807) is 24.3 Å². The zero-order valence-corrected chi connectivity index (χ0v) is 16.0. The molecule has 0 bridgehead atoms. The lowest BCUT2D eigenvalue weighted by molar-refractivity contribution is -0.121. The molecule has 0 unspecified atom stereocenters. The van der Waals surface area contributed by atoms with Crippen LogP contribution in [0.3, 0.4) is 0 Å². The Morgan fingerprint density at radius 2 is 1.72 bits per heavy atom. The summed E-state index contributed by atoms with van der Waals surface area (Å²) in [6.45, 7) is -0.239. The third kappa shape index (κ3) is 5.64. The van der Waals surface area contributed by atoms with Gasteiger partial charge in [0.15, 0.2) is 23.2 Å². The van der Waals surface area contributed by atoms with Crippen LogP contribution in [0.4, 0.5) is 5.69 Å². The maximum atomic E-state index is 11.9. The van der Waals surface area contributed by atoms with Crippen molar-refractivity contribution in [3.05, 3.63) is 51.5 Å². The van der Waals surface area contributed by atoms with E-state index in [4.69, 9.17) is 56.5 Å². The lowest BCUT2D eigenvalue weighted by Gasteiger charge is -2.13. The number of nitrogens with one attached hydrogen (secondary N) is 2. The van der Waals surface area contributed by atoms with E-state index >= 15 is 0 Å². The van der Waals surface area contributed by atoms with Crippen molar-refractivity contribution >= 4 is 63.7 Å². The fourth-order valence-electron chi connectivity index (χ4n) is 1.82. The molecule has 132 valence electrons. The fourth-order valence-corrected chi connectivity index (χ4v) is 2.63. The monoisotopic (exact) mass is 418 g/mol. The van der Waals surface area contributed by atoms with Crippen LogP contribution in [0.15, 0.2) is 36.4 Å². The summed E-state index contributed by atoms with van der Waals surface area (Å²) < 4.78 is 10.5. The topological polar surface area (TPSA) is 59.6 Å². The van der Waals surface area contributed by atoms with Crippen LogP contribution in [0.2, 0.25) is 15.1 Å². The summed E-state index contributed by atoms with van der Waals surface area (Å²) >= 11 is 22.9. The Kier molecular flexibility index (Phi) is 7.13. The van der Waals surface area contributed by atoms with Gasteiger partial charge in [0, 0.05) is 0 Å². The van der Waals surface area contributed by atoms with Crippen molar-refractivity contribution < 1.29 is 14.3 Å². The van der Waals surface area contributed by atoms with Gasteiger partial charge >= 0.3 is 0 Å². The second-order valence-electron chi connectivity index (χ2n) is 4.69. The molecule has 1 amide bonds. The number of thiocarbonyl (C=S) groups is 1. The molecule has 0 fully saturated rings. The zero-order valence-electron chi connectivity index (χ0n) is 12.9. The van der Waals surface area contributed by atoms with Gasteiger partial charge in [-0.25, -0.2) is 0 Å². The highest BCUT2D eigenvalue weighted by Gasteiger charge is 2.11. The number of carbonyl (C=O) groups excluding carboxylic acids is 1. The molecule has 0 spiro atoms. The van der Waals surface area contributed by atoms with E-state index in [9.17, 15) is 4.79 Å². The maximum Gasteiger partial charge on any atom is 0.264 e. The summed E-state index contributed by atoms with van der Waals surface area (Å²) in [7, 11) is 1.52. The number of carbonyl (C=O) groups is 1. The van der Waals surface area contributed by atoms with Crippen molar-refractivity contribution in [2.75, 3.05) is 19.0 Å². The van der Waals surface area contributed by atoms with Gasteiger partial charge in [0.2, 0.25) is 0 Å². The largest absolute Gasteiger partial charge is 0.493 e. The molecule has 0 atom stereocenters. The highest BCUT2D eigenvalue weighted by molar-refractivity contribution is 7.80. The standard InChI is InChI=1S/C16H13Cl3N2O3S/c1-23-13-4-2-3-5-14(13)24-8-15(22)21-16(25)20-12-7-10(18)9(17)6-11(12)19/h2-7H,8H2,1H3,(H2,20,21,22,25). The Morgan fingerprint density at radius 3 is 2.40 bits per heavy atom. The lowest BCUT2D eigenvalue weighted by Crippen LogP contribution is -2.37. The van der Waals surface area contributed by atoms with Crippen LogP contribution < -0.4 is 20.1 Å². The van der Waals surface area contributed by atoms with Gasteiger partial charge in [-0.05, 0) is 36.5 Å². The number of halogens is 3. The van der Waals surface area contributed by atoms with Crippen LogP contribution in [-0.2, 0) is 4.79 Å². The summed E-state index contributed by atoms with van der Waals surface area (Å²) in [5.41, 5.74) is 0.423. The van der Waals surface area contributed by atoms with E-state index in [2.05, 4.69) is 10.6 Å². The summed E-state index contributed by atoms with van der Waals surface area (Å²) in [4.78, 5) is 11.9. The molecule has 2 N–H and O–H groups in total. The average Bonchev–Trinajstić information content (AvgIpc) is 2.58. The molecule has 0 radical (unpaired) electrons. The quantitative estimate of drug-likeness (QED) is 0.550. The molecule has 0 aliphatic carbocycles. The number of anilines is 1. The molecule has 0 aliphatic rings. The highest BCUT2D eigenvalue weighted by atomic mass is 35.5. The van der Waals surface area contributed by atoms with Crippen LogP contribution in [0.1, 0.15) is 0 Å². The van der Waals surface area contributed by atoms with Gasteiger partial charge in [0.25, 0.3) is 5.91 Å². The van der Waals surface area contributed by atoms with Gasteiger partial charge in [-0.2, -0.15) is 0 Å². The minimum absolute atomic E-state index is 0.0499. The minimum atomic E-state index is -0.445. The summed E-state index contributed by atoms with van der Waals surface area (Å²) in [5.74, 6) is 0.532. The number of methoxy groups -OCH3 is 1. The first-order chi connectivity index (χ1) is 11.9. The number of rotatable bonds is 5. The lowest BCUT2D eigenvalue weighted by atomic mass is 10.3. The molecule has 0 aromatic heterocycles. The minimum Gasteiger partial charge on any atom is -0.493 e. The first-order valence-corrected chi connectivity index (χ1v) is 8.46. The van der Waals surface area contributed by atoms with E-state index in [1.807, 2.05) is 0 Å². The Labute approximate surface area is 165 Å². The summed E-state index contributed by atoms with van der Waals surface area (Å²) in [6, 6.07) is 9.98. The second kappa shape index (κ2) is 9.10. The molecule has 2 rings (SSSR count). The number of benzene rings is 2. The molecule has 0 aliphatic heterocycles. The van der Waals surface area contributed by atoms with Crippen molar-refractivity contribution in [3.63, 3.8) is 0 Å². The van der Waals surface area contributed by atoms with Crippen LogP contribution in [-0.4, -0.2) is 24.7 Å². The molecule has 0 heterocycles. The van der Waals surface area contributed by atoms with Crippen molar-refractivity contribution in [2.24, 2.45) is 0 Å².